The molecule has 1 N–H and O–H groups in total. The van der Waals surface area contributed by atoms with Gasteiger partial charge in [0, 0.05) is 17.1 Å². The minimum Gasteiger partial charge on any atom is -0.495 e. The molecule has 0 fully saturated rings. The molecule has 2 rings (SSSR count). The first-order valence-corrected chi connectivity index (χ1v) is 8.52. The molecular weight excluding hydrogens is 382 g/mol. The van der Waals surface area contributed by atoms with Crippen LogP contribution in [0.25, 0.3) is 0 Å². The van der Waals surface area contributed by atoms with Gasteiger partial charge in [0.25, 0.3) is 0 Å². The van der Waals surface area contributed by atoms with E-state index in [0.717, 1.165) is 26.9 Å². The molecule has 1 aliphatic rings. The van der Waals surface area contributed by atoms with E-state index in [2.05, 4.69) is 57.1 Å². The van der Waals surface area contributed by atoms with E-state index < -0.39 is 0 Å². The molecule has 0 aromatic heterocycles. The number of allylic oxidation sites excluding steroid dienone is 2. The van der Waals surface area contributed by atoms with Crippen molar-refractivity contribution in [2.45, 2.75) is 26.7 Å². The van der Waals surface area contributed by atoms with E-state index >= 15 is 0 Å². The van der Waals surface area contributed by atoms with Crippen molar-refractivity contribution in [1.29, 1.82) is 0 Å². The van der Waals surface area contributed by atoms with Crippen LogP contribution in [-0.4, -0.2) is 13.7 Å². The van der Waals surface area contributed by atoms with Crippen LogP contribution in [-0.2, 0) is 0 Å². The molecule has 0 amide bonds. The maximum absolute atomic E-state index is 5.35. The number of anilines is 1. The second-order valence-electron chi connectivity index (χ2n) is 5.64. The largest absolute Gasteiger partial charge is 0.495 e. The maximum Gasteiger partial charge on any atom is 0.135 e. The van der Waals surface area contributed by atoms with Crippen molar-refractivity contribution in [2.24, 2.45) is 11.8 Å². The van der Waals surface area contributed by atoms with Crippen LogP contribution >= 0.6 is 31.9 Å². The normalized spacial score (nSPS) is 22.4. The summed E-state index contributed by atoms with van der Waals surface area (Å²) in [5, 5.41) is 3.55. The fraction of sp³-hybridized carbons (Fsp3) is 0.500. The molecule has 1 aromatic carbocycles. The Bertz CT molecular complexity index is 513. The van der Waals surface area contributed by atoms with Gasteiger partial charge in [0.15, 0.2) is 0 Å². The molecule has 0 aliphatic heterocycles. The summed E-state index contributed by atoms with van der Waals surface area (Å²) >= 11 is 7.09. The number of hydrogen-bond acceptors (Lipinski definition) is 2. The molecule has 2 nitrogen and oxygen atoms in total. The first-order chi connectivity index (χ1) is 9.49. The summed E-state index contributed by atoms with van der Waals surface area (Å²) in [6.07, 6.45) is 4.85. The van der Waals surface area contributed by atoms with Crippen molar-refractivity contribution in [2.75, 3.05) is 19.0 Å². The number of rotatable bonds is 4. The summed E-state index contributed by atoms with van der Waals surface area (Å²) in [6.45, 7) is 5.54. The summed E-state index contributed by atoms with van der Waals surface area (Å²) in [7, 11) is 1.69. The van der Waals surface area contributed by atoms with Gasteiger partial charge in [-0.05, 0) is 69.5 Å². The van der Waals surface area contributed by atoms with Crippen LogP contribution in [0.2, 0.25) is 0 Å². The SMILES string of the molecule is COc1cc(NCC2CC(C)=CC(C)C2)c(Br)cc1Br. The van der Waals surface area contributed by atoms with Gasteiger partial charge in [-0.2, -0.15) is 0 Å². The Morgan fingerprint density at radius 2 is 2.05 bits per heavy atom. The van der Waals surface area contributed by atoms with E-state index in [1.807, 2.05) is 12.1 Å². The number of ether oxygens (including phenoxy) is 1. The molecule has 0 spiro atoms. The highest BCUT2D eigenvalue weighted by atomic mass is 79.9. The van der Waals surface area contributed by atoms with Gasteiger partial charge in [-0.25, -0.2) is 0 Å². The molecule has 0 heterocycles. The van der Waals surface area contributed by atoms with E-state index in [0.29, 0.717) is 11.8 Å². The number of benzene rings is 1. The number of halogens is 2. The quantitative estimate of drug-likeness (QED) is 0.659. The Hall–Kier alpha value is -0.480. The van der Waals surface area contributed by atoms with Gasteiger partial charge < -0.3 is 10.1 Å². The second kappa shape index (κ2) is 6.99. The van der Waals surface area contributed by atoms with Gasteiger partial charge >= 0.3 is 0 Å². The Kier molecular flexibility index (Phi) is 5.56. The Balaban J connectivity index is 2.02. The molecule has 2 atom stereocenters. The highest BCUT2D eigenvalue weighted by Crippen LogP contribution is 2.35. The molecule has 0 radical (unpaired) electrons. The zero-order valence-corrected chi connectivity index (χ0v) is 15.3. The molecule has 4 heteroatoms. The molecule has 0 bridgehead atoms. The van der Waals surface area contributed by atoms with E-state index in [4.69, 9.17) is 4.74 Å². The van der Waals surface area contributed by atoms with E-state index in [-0.39, 0.29) is 0 Å². The lowest BCUT2D eigenvalue weighted by Gasteiger charge is -2.26. The van der Waals surface area contributed by atoms with Crippen LogP contribution in [0.1, 0.15) is 26.7 Å². The lowest BCUT2D eigenvalue weighted by atomic mass is 9.84. The van der Waals surface area contributed by atoms with Crippen LogP contribution in [0.15, 0.2) is 32.7 Å². The molecule has 110 valence electrons. The Labute approximate surface area is 138 Å². The van der Waals surface area contributed by atoms with Crippen LogP contribution in [0, 0.1) is 11.8 Å². The average molecular weight is 403 g/mol. The molecule has 0 saturated carbocycles. The monoisotopic (exact) mass is 401 g/mol. The fourth-order valence-corrected chi connectivity index (χ4v) is 4.21. The summed E-state index contributed by atoms with van der Waals surface area (Å²) < 4.78 is 7.37. The predicted octanol–water partition coefficient (Wildman–Crippen LogP) is 5.62. The average Bonchev–Trinajstić information content (AvgIpc) is 2.36. The highest BCUT2D eigenvalue weighted by molar-refractivity contribution is 9.11. The van der Waals surface area contributed by atoms with E-state index in [1.165, 1.54) is 18.4 Å². The third kappa shape index (κ3) is 4.01. The van der Waals surface area contributed by atoms with Gasteiger partial charge in [0.05, 0.1) is 17.3 Å². The Morgan fingerprint density at radius 1 is 1.30 bits per heavy atom. The standard InChI is InChI=1S/C16H21Br2NO/c1-10-4-11(2)6-12(5-10)9-19-15-8-16(20-3)14(18)7-13(15)17/h4,7-8,10,12,19H,5-6,9H2,1-3H3. The molecule has 1 aliphatic carbocycles. The van der Waals surface area contributed by atoms with Gasteiger partial charge in [0.1, 0.15) is 5.75 Å². The van der Waals surface area contributed by atoms with Crippen molar-refractivity contribution in [1.82, 2.24) is 0 Å². The van der Waals surface area contributed by atoms with Gasteiger partial charge in [0.2, 0.25) is 0 Å². The van der Waals surface area contributed by atoms with Crippen molar-refractivity contribution in [3.05, 3.63) is 32.7 Å². The number of methoxy groups -OCH3 is 1. The zero-order valence-electron chi connectivity index (χ0n) is 12.2. The molecular formula is C16H21Br2NO. The van der Waals surface area contributed by atoms with Crippen molar-refractivity contribution in [3.63, 3.8) is 0 Å². The first kappa shape index (κ1) is 15.9. The second-order valence-corrected chi connectivity index (χ2v) is 7.35. The molecule has 20 heavy (non-hydrogen) atoms. The lowest BCUT2D eigenvalue weighted by Crippen LogP contribution is -2.20. The minimum absolute atomic E-state index is 0.693. The van der Waals surface area contributed by atoms with Crippen LogP contribution < -0.4 is 10.1 Å². The van der Waals surface area contributed by atoms with Crippen molar-refractivity contribution >= 4 is 37.5 Å². The molecule has 2 unspecified atom stereocenters. The van der Waals surface area contributed by atoms with Crippen molar-refractivity contribution in [3.8, 4) is 5.75 Å². The minimum atomic E-state index is 0.693. The maximum atomic E-state index is 5.35. The lowest BCUT2D eigenvalue weighted by molar-refractivity contribution is 0.411. The van der Waals surface area contributed by atoms with Crippen LogP contribution in [0.3, 0.4) is 0 Å². The summed E-state index contributed by atoms with van der Waals surface area (Å²) in [4.78, 5) is 0. The predicted molar refractivity (Wildman–Crippen MR) is 92.5 cm³/mol. The summed E-state index contributed by atoms with van der Waals surface area (Å²) in [5.74, 6) is 2.25. The van der Waals surface area contributed by atoms with Gasteiger partial charge in [-0.1, -0.05) is 18.6 Å². The zero-order chi connectivity index (χ0) is 14.7. The molecule has 1 aromatic rings. The topological polar surface area (TPSA) is 21.3 Å². The number of hydrogen-bond donors (Lipinski definition) is 1. The van der Waals surface area contributed by atoms with Crippen LogP contribution in [0.5, 0.6) is 5.75 Å². The van der Waals surface area contributed by atoms with E-state index in [9.17, 15) is 0 Å². The smallest absolute Gasteiger partial charge is 0.135 e. The van der Waals surface area contributed by atoms with Gasteiger partial charge in [-0.3, -0.25) is 0 Å². The Morgan fingerprint density at radius 3 is 2.70 bits per heavy atom. The number of nitrogens with one attached hydrogen (secondary N) is 1. The van der Waals surface area contributed by atoms with Crippen molar-refractivity contribution < 1.29 is 4.74 Å². The summed E-state index contributed by atoms with van der Waals surface area (Å²) in [6, 6.07) is 4.05. The molecule has 0 saturated heterocycles. The first-order valence-electron chi connectivity index (χ1n) is 6.93. The third-order valence-corrected chi connectivity index (χ3v) is 4.98. The van der Waals surface area contributed by atoms with E-state index in [1.54, 1.807) is 7.11 Å². The summed E-state index contributed by atoms with van der Waals surface area (Å²) in [5.41, 5.74) is 2.60. The highest BCUT2D eigenvalue weighted by Gasteiger charge is 2.18. The third-order valence-electron chi connectivity index (χ3n) is 3.71. The fourth-order valence-electron chi connectivity index (χ4n) is 2.92. The van der Waals surface area contributed by atoms with Gasteiger partial charge in [-0.15, -0.1) is 0 Å². The van der Waals surface area contributed by atoms with Crippen LogP contribution in [0.4, 0.5) is 5.69 Å².